The summed E-state index contributed by atoms with van der Waals surface area (Å²) in [4.78, 5) is 13.0. The molecule has 0 saturated heterocycles. The lowest BCUT2D eigenvalue weighted by molar-refractivity contribution is 0.0697. The van der Waals surface area contributed by atoms with E-state index in [9.17, 15) is 4.79 Å². The minimum atomic E-state index is -0.999. The number of carboxylic acids is 1. The SMILES string of the molecule is C=CCN(CC=C)c1c(Cl)cccc1C(=O)O. The molecule has 17 heavy (non-hydrogen) atoms. The molecule has 1 aromatic carbocycles. The second-order valence-electron chi connectivity index (χ2n) is 3.42. The highest BCUT2D eigenvalue weighted by Gasteiger charge is 2.17. The van der Waals surface area contributed by atoms with Gasteiger partial charge in [0.25, 0.3) is 0 Å². The Hall–Kier alpha value is -1.74. The number of para-hydroxylation sites is 1. The highest BCUT2D eigenvalue weighted by Crippen LogP contribution is 2.30. The van der Waals surface area contributed by atoms with Crippen LogP contribution < -0.4 is 4.90 Å². The summed E-state index contributed by atoms with van der Waals surface area (Å²) in [6, 6.07) is 4.82. The molecule has 0 heterocycles. The molecule has 0 aromatic heterocycles. The van der Waals surface area contributed by atoms with Crippen molar-refractivity contribution in [2.45, 2.75) is 0 Å². The zero-order valence-corrected chi connectivity index (χ0v) is 10.2. The molecule has 0 aliphatic rings. The summed E-state index contributed by atoms with van der Waals surface area (Å²) >= 11 is 6.07. The van der Waals surface area contributed by atoms with Crippen molar-refractivity contribution in [1.82, 2.24) is 0 Å². The first kappa shape index (κ1) is 13.3. The fourth-order valence-corrected chi connectivity index (χ4v) is 1.87. The highest BCUT2D eigenvalue weighted by atomic mass is 35.5. The van der Waals surface area contributed by atoms with Crippen LogP contribution in [0.5, 0.6) is 0 Å². The van der Waals surface area contributed by atoms with Gasteiger partial charge in [0.1, 0.15) is 0 Å². The third-order valence-corrected chi connectivity index (χ3v) is 2.54. The number of nitrogens with zero attached hydrogens (tertiary/aromatic N) is 1. The van der Waals surface area contributed by atoms with Gasteiger partial charge in [0, 0.05) is 13.1 Å². The summed E-state index contributed by atoms with van der Waals surface area (Å²) in [7, 11) is 0. The average Bonchev–Trinajstić information content (AvgIpc) is 2.28. The van der Waals surface area contributed by atoms with Crippen molar-refractivity contribution in [1.29, 1.82) is 0 Å². The number of carbonyl (C=O) groups is 1. The van der Waals surface area contributed by atoms with Gasteiger partial charge in [0.05, 0.1) is 16.3 Å². The molecule has 0 aliphatic carbocycles. The van der Waals surface area contributed by atoms with Gasteiger partial charge in [-0.25, -0.2) is 4.79 Å². The predicted molar refractivity (Wildman–Crippen MR) is 71.0 cm³/mol. The molecule has 0 radical (unpaired) electrons. The summed E-state index contributed by atoms with van der Waals surface area (Å²) < 4.78 is 0. The number of halogens is 1. The number of benzene rings is 1. The molecule has 3 nitrogen and oxygen atoms in total. The van der Waals surface area contributed by atoms with E-state index in [0.717, 1.165) is 0 Å². The summed E-state index contributed by atoms with van der Waals surface area (Å²) in [5.41, 5.74) is 0.683. The molecular weight excluding hydrogens is 238 g/mol. The number of anilines is 1. The molecule has 0 atom stereocenters. The quantitative estimate of drug-likeness (QED) is 0.790. The van der Waals surface area contributed by atoms with Crippen molar-refractivity contribution in [2.75, 3.05) is 18.0 Å². The lowest BCUT2D eigenvalue weighted by Crippen LogP contribution is -2.25. The summed E-state index contributed by atoms with van der Waals surface area (Å²) in [6.07, 6.45) is 3.39. The second-order valence-corrected chi connectivity index (χ2v) is 3.83. The van der Waals surface area contributed by atoms with Crippen molar-refractivity contribution in [3.8, 4) is 0 Å². The van der Waals surface area contributed by atoms with Crippen LogP contribution in [-0.2, 0) is 0 Å². The Balaban J connectivity index is 3.28. The molecule has 0 spiro atoms. The summed E-state index contributed by atoms with van der Waals surface area (Å²) in [5.74, 6) is -0.999. The molecule has 1 rings (SSSR count). The first-order chi connectivity index (χ1) is 8.11. The minimum Gasteiger partial charge on any atom is -0.478 e. The standard InChI is InChI=1S/C13H14ClNO2/c1-3-8-15(9-4-2)12-10(13(16)17)6-5-7-11(12)14/h3-7H,1-2,8-9H2,(H,16,17). The van der Waals surface area contributed by atoms with E-state index < -0.39 is 5.97 Å². The van der Waals surface area contributed by atoms with E-state index in [0.29, 0.717) is 23.8 Å². The molecule has 0 unspecified atom stereocenters. The third kappa shape index (κ3) is 3.11. The first-order valence-electron chi connectivity index (χ1n) is 5.10. The highest BCUT2D eigenvalue weighted by molar-refractivity contribution is 6.34. The Labute approximate surface area is 106 Å². The van der Waals surface area contributed by atoms with Crippen molar-refractivity contribution < 1.29 is 9.90 Å². The lowest BCUT2D eigenvalue weighted by Gasteiger charge is -2.24. The van der Waals surface area contributed by atoms with Crippen LogP contribution in [-0.4, -0.2) is 24.2 Å². The van der Waals surface area contributed by atoms with Crippen LogP contribution in [0.4, 0.5) is 5.69 Å². The van der Waals surface area contributed by atoms with E-state index >= 15 is 0 Å². The fraction of sp³-hybridized carbons (Fsp3) is 0.154. The number of hydrogen-bond donors (Lipinski definition) is 1. The maximum Gasteiger partial charge on any atom is 0.337 e. The Morgan fingerprint density at radius 1 is 1.35 bits per heavy atom. The van der Waals surface area contributed by atoms with Gasteiger partial charge in [-0.3, -0.25) is 0 Å². The fourth-order valence-electron chi connectivity index (χ4n) is 1.58. The molecule has 0 aliphatic heterocycles. The number of hydrogen-bond acceptors (Lipinski definition) is 2. The summed E-state index contributed by atoms with van der Waals surface area (Å²) in [5, 5.41) is 9.55. The van der Waals surface area contributed by atoms with Crippen LogP contribution in [0.3, 0.4) is 0 Å². The van der Waals surface area contributed by atoms with E-state index in [1.165, 1.54) is 6.07 Å². The number of rotatable bonds is 6. The largest absolute Gasteiger partial charge is 0.478 e. The van der Waals surface area contributed by atoms with Crippen molar-refractivity contribution in [2.24, 2.45) is 0 Å². The molecule has 0 fully saturated rings. The zero-order chi connectivity index (χ0) is 12.8. The van der Waals surface area contributed by atoms with Crippen LogP contribution in [0, 0.1) is 0 Å². The zero-order valence-electron chi connectivity index (χ0n) is 9.40. The summed E-state index contributed by atoms with van der Waals surface area (Å²) in [6.45, 7) is 8.31. The molecule has 1 N–H and O–H groups in total. The van der Waals surface area contributed by atoms with E-state index in [2.05, 4.69) is 13.2 Å². The lowest BCUT2D eigenvalue weighted by atomic mass is 10.1. The predicted octanol–water partition coefficient (Wildman–Crippen LogP) is 3.22. The number of carboxylic acid groups (broad SMARTS) is 1. The maximum atomic E-state index is 11.1. The Morgan fingerprint density at radius 2 is 1.94 bits per heavy atom. The topological polar surface area (TPSA) is 40.5 Å². The van der Waals surface area contributed by atoms with Crippen LogP contribution in [0.25, 0.3) is 0 Å². The number of aromatic carboxylic acids is 1. The Bertz CT molecular complexity index is 433. The van der Waals surface area contributed by atoms with Crippen LogP contribution >= 0.6 is 11.6 Å². The van der Waals surface area contributed by atoms with Crippen molar-refractivity contribution in [3.63, 3.8) is 0 Å². The van der Waals surface area contributed by atoms with Gasteiger partial charge in [-0.15, -0.1) is 13.2 Å². The molecule has 4 heteroatoms. The van der Waals surface area contributed by atoms with E-state index in [1.54, 1.807) is 24.3 Å². The third-order valence-electron chi connectivity index (χ3n) is 2.23. The average molecular weight is 252 g/mol. The minimum absolute atomic E-state index is 0.182. The smallest absolute Gasteiger partial charge is 0.337 e. The van der Waals surface area contributed by atoms with Gasteiger partial charge in [0.15, 0.2) is 0 Å². The molecule has 90 valence electrons. The van der Waals surface area contributed by atoms with Crippen LogP contribution in [0.15, 0.2) is 43.5 Å². The van der Waals surface area contributed by atoms with E-state index in [-0.39, 0.29) is 5.56 Å². The maximum absolute atomic E-state index is 11.1. The van der Waals surface area contributed by atoms with Gasteiger partial charge in [-0.2, -0.15) is 0 Å². The van der Waals surface area contributed by atoms with Crippen LogP contribution in [0.2, 0.25) is 5.02 Å². The van der Waals surface area contributed by atoms with Gasteiger partial charge in [0.2, 0.25) is 0 Å². The van der Waals surface area contributed by atoms with E-state index in [1.807, 2.05) is 4.90 Å². The van der Waals surface area contributed by atoms with Gasteiger partial charge < -0.3 is 10.0 Å². The monoisotopic (exact) mass is 251 g/mol. The van der Waals surface area contributed by atoms with E-state index in [4.69, 9.17) is 16.7 Å². The molecule has 1 aromatic rings. The normalized spacial score (nSPS) is 9.71. The van der Waals surface area contributed by atoms with Crippen molar-refractivity contribution >= 4 is 23.3 Å². The van der Waals surface area contributed by atoms with Gasteiger partial charge >= 0.3 is 5.97 Å². The van der Waals surface area contributed by atoms with Crippen molar-refractivity contribution in [3.05, 3.63) is 54.1 Å². The molecule has 0 amide bonds. The van der Waals surface area contributed by atoms with Gasteiger partial charge in [-0.1, -0.05) is 29.8 Å². The Kier molecular flexibility index (Phi) is 4.79. The molecule has 0 saturated carbocycles. The van der Waals surface area contributed by atoms with Crippen LogP contribution in [0.1, 0.15) is 10.4 Å². The molecule has 0 bridgehead atoms. The second kappa shape index (κ2) is 6.11. The van der Waals surface area contributed by atoms with Gasteiger partial charge in [-0.05, 0) is 12.1 Å². The Morgan fingerprint density at radius 3 is 2.41 bits per heavy atom. The molecular formula is C13H14ClNO2. The first-order valence-corrected chi connectivity index (χ1v) is 5.48.